The van der Waals surface area contributed by atoms with E-state index in [1.807, 2.05) is 40.4 Å². The van der Waals surface area contributed by atoms with E-state index in [1.54, 1.807) is 6.92 Å². The summed E-state index contributed by atoms with van der Waals surface area (Å²) in [7, 11) is 0. The summed E-state index contributed by atoms with van der Waals surface area (Å²) < 4.78 is 1.94. The van der Waals surface area contributed by atoms with Gasteiger partial charge in [0, 0.05) is 55.0 Å². The van der Waals surface area contributed by atoms with E-state index in [-0.39, 0.29) is 18.0 Å². The van der Waals surface area contributed by atoms with Crippen molar-refractivity contribution in [1.29, 1.82) is 0 Å². The number of carbonyl (C=O) groups excluding carboxylic acids is 1. The molecule has 0 aliphatic carbocycles. The summed E-state index contributed by atoms with van der Waals surface area (Å²) in [6.45, 7) is 7.38. The van der Waals surface area contributed by atoms with Crippen LogP contribution >= 0.6 is 0 Å². The number of pyridine rings is 1. The van der Waals surface area contributed by atoms with Crippen LogP contribution in [0.15, 0.2) is 43.0 Å². The third-order valence-electron chi connectivity index (χ3n) is 6.20. The van der Waals surface area contributed by atoms with Crippen LogP contribution in [0.1, 0.15) is 39.7 Å². The van der Waals surface area contributed by atoms with Gasteiger partial charge in [-0.1, -0.05) is 11.3 Å². The number of aromatic amines is 1. The molecule has 2 N–H and O–H groups in total. The van der Waals surface area contributed by atoms with Crippen molar-refractivity contribution in [3.8, 4) is 22.4 Å². The molecule has 9 nitrogen and oxygen atoms in total. The molecule has 1 fully saturated rings. The van der Waals surface area contributed by atoms with E-state index >= 15 is 0 Å². The van der Waals surface area contributed by atoms with E-state index in [2.05, 4.69) is 51.8 Å². The maximum absolute atomic E-state index is 11.6. The number of H-pyrrole nitrogens is 1. The summed E-state index contributed by atoms with van der Waals surface area (Å²) in [5, 5.41) is 20.5. The van der Waals surface area contributed by atoms with Crippen LogP contribution in [0.5, 0.6) is 0 Å². The molecule has 33 heavy (non-hydrogen) atoms. The van der Waals surface area contributed by atoms with Gasteiger partial charge in [0.05, 0.1) is 29.6 Å². The molecule has 9 heteroatoms. The van der Waals surface area contributed by atoms with Gasteiger partial charge >= 0.3 is 0 Å². The third kappa shape index (κ3) is 4.18. The van der Waals surface area contributed by atoms with Gasteiger partial charge in [-0.15, -0.1) is 5.10 Å². The van der Waals surface area contributed by atoms with E-state index in [4.69, 9.17) is 4.98 Å². The second-order valence-electron chi connectivity index (χ2n) is 8.89. The quantitative estimate of drug-likeness (QED) is 0.484. The zero-order valence-corrected chi connectivity index (χ0v) is 19.1. The van der Waals surface area contributed by atoms with Crippen LogP contribution in [0.2, 0.25) is 0 Å². The van der Waals surface area contributed by atoms with Crippen LogP contribution in [0.4, 0.5) is 5.69 Å². The molecule has 0 bridgehead atoms. The van der Waals surface area contributed by atoms with Gasteiger partial charge in [0.25, 0.3) is 0 Å². The van der Waals surface area contributed by atoms with Gasteiger partial charge in [0.1, 0.15) is 5.69 Å². The normalized spacial score (nSPS) is 14.8. The molecule has 3 aromatic heterocycles. The fraction of sp³-hybridized carbons (Fsp3) is 0.375. The van der Waals surface area contributed by atoms with E-state index in [0.29, 0.717) is 0 Å². The fourth-order valence-corrected chi connectivity index (χ4v) is 4.44. The van der Waals surface area contributed by atoms with Crippen molar-refractivity contribution in [1.82, 2.24) is 35.1 Å². The summed E-state index contributed by atoms with van der Waals surface area (Å²) in [4.78, 5) is 18.2. The first kappa shape index (κ1) is 21.1. The third-order valence-corrected chi connectivity index (χ3v) is 6.20. The molecule has 0 radical (unpaired) electrons. The minimum atomic E-state index is 0.133. The molecule has 0 saturated carbocycles. The van der Waals surface area contributed by atoms with Crippen molar-refractivity contribution in [2.75, 3.05) is 18.4 Å². The molecular formula is C24H28N8O. The number of amides is 1. The van der Waals surface area contributed by atoms with Crippen molar-refractivity contribution in [3.05, 3.63) is 43.0 Å². The molecule has 1 amide bonds. The molecule has 170 valence electrons. The van der Waals surface area contributed by atoms with Crippen molar-refractivity contribution in [3.63, 3.8) is 0 Å². The van der Waals surface area contributed by atoms with Gasteiger partial charge in [0.2, 0.25) is 5.91 Å². The second-order valence-corrected chi connectivity index (χ2v) is 8.89. The van der Waals surface area contributed by atoms with E-state index in [1.165, 1.54) is 0 Å². The number of piperidine rings is 1. The van der Waals surface area contributed by atoms with Crippen LogP contribution in [0.25, 0.3) is 33.3 Å². The van der Waals surface area contributed by atoms with Gasteiger partial charge in [-0.05, 0) is 44.4 Å². The molecule has 1 saturated heterocycles. The Morgan fingerprint density at radius 2 is 2.00 bits per heavy atom. The minimum absolute atomic E-state index is 0.133. The first-order valence-electron chi connectivity index (χ1n) is 11.4. The summed E-state index contributed by atoms with van der Waals surface area (Å²) >= 11 is 0. The van der Waals surface area contributed by atoms with Crippen LogP contribution in [-0.2, 0) is 4.79 Å². The zero-order valence-electron chi connectivity index (χ0n) is 19.1. The number of likely N-dealkylation sites (tertiary alicyclic amines) is 1. The predicted molar refractivity (Wildman–Crippen MR) is 128 cm³/mol. The highest BCUT2D eigenvalue weighted by Crippen LogP contribution is 2.36. The highest BCUT2D eigenvalue weighted by Gasteiger charge is 2.24. The van der Waals surface area contributed by atoms with Gasteiger partial charge in [-0.25, -0.2) is 4.68 Å². The number of nitrogens with one attached hydrogen (secondary N) is 2. The summed E-state index contributed by atoms with van der Waals surface area (Å²) in [5.74, 6) is 0.133. The van der Waals surface area contributed by atoms with Crippen LogP contribution < -0.4 is 5.32 Å². The molecule has 5 rings (SSSR count). The van der Waals surface area contributed by atoms with Crippen LogP contribution in [-0.4, -0.2) is 60.1 Å². The predicted octanol–water partition coefficient (Wildman–Crippen LogP) is 3.89. The highest BCUT2D eigenvalue weighted by molar-refractivity contribution is 6.00. The Bertz CT molecular complexity index is 1270. The smallest absolute Gasteiger partial charge is 0.219 e. The lowest BCUT2D eigenvalue weighted by atomic mass is 10.0. The monoisotopic (exact) mass is 444 g/mol. The fourth-order valence-electron chi connectivity index (χ4n) is 4.44. The maximum atomic E-state index is 11.6. The Hall–Kier alpha value is -3.75. The standard InChI is InChI=1S/C24H28N8O/c1-15(2)28-24-20-10-17(18-11-26-27-12-18)4-5-22(20)25-13-21(24)23-14-32(30-29-23)19-6-8-31(9-7-19)16(3)33/h4-5,10-15,19H,6-9H2,1-3H3,(H,25,28)(H,26,27). The number of aromatic nitrogens is 6. The van der Waals surface area contributed by atoms with Crippen LogP contribution in [0, 0.1) is 0 Å². The van der Waals surface area contributed by atoms with E-state index in [0.717, 1.165) is 64.9 Å². The molecule has 1 aliphatic rings. The first-order valence-corrected chi connectivity index (χ1v) is 11.4. The topological polar surface area (TPSA) is 105 Å². The summed E-state index contributed by atoms with van der Waals surface area (Å²) in [5.41, 5.74) is 5.73. The number of benzene rings is 1. The first-order chi connectivity index (χ1) is 16.0. The lowest BCUT2D eigenvalue weighted by Gasteiger charge is -2.31. The average molecular weight is 445 g/mol. The van der Waals surface area contributed by atoms with E-state index < -0.39 is 0 Å². The molecule has 0 spiro atoms. The van der Waals surface area contributed by atoms with E-state index in [9.17, 15) is 4.79 Å². The number of nitrogens with zero attached hydrogens (tertiary/aromatic N) is 6. The van der Waals surface area contributed by atoms with Crippen molar-refractivity contribution in [2.45, 2.75) is 45.7 Å². The minimum Gasteiger partial charge on any atom is -0.382 e. The number of fused-ring (bicyclic) bond motifs is 1. The van der Waals surface area contributed by atoms with Gasteiger partial charge in [-0.3, -0.25) is 14.9 Å². The Labute approximate surface area is 192 Å². The lowest BCUT2D eigenvalue weighted by molar-refractivity contribution is -0.130. The molecule has 0 unspecified atom stereocenters. The Kier molecular flexibility index (Phi) is 5.53. The molecule has 0 atom stereocenters. The van der Waals surface area contributed by atoms with Crippen molar-refractivity contribution in [2.24, 2.45) is 0 Å². The number of anilines is 1. The van der Waals surface area contributed by atoms with Crippen LogP contribution in [0.3, 0.4) is 0 Å². The Morgan fingerprint density at radius 3 is 2.70 bits per heavy atom. The number of hydrogen-bond donors (Lipinski definition) is 2. The average Bonchev–Trinajstić information content (AvgIpc) is 3.51. The Morgan fingerprint density at radius 1 is 1.18 bits per heavy atom. The second kappa shape index (κ2) is 8.65. The van der Waals surface area contributed by atoms with Gasteiger partial charge in [0.15, 0.2) is 0 Å². The molecular weight excluding hydrogens is 416 g/mol. The number of hydrogen-bond acceptors (Lipinski definition) is 6. The lowest BCUT2D eigenvalue weighted by Crippen LogP contribution is -2.37. The maximum Gasteiger partial charge on any atom is 0.219 e. The number of carbonyl (C=O) groups is 1. The summed E-state index contributed by atoms with van der Waals surface area (Å²) in [6.07, 6.45) is 9.33. The SMILES string of the molecule is CC(=O)N1CCC(n2cc(-c3cnc4ccc(-c5cn[nH]c5)cc4c3NC(C)C)nn2)CC1. The van der Waals surface area contributed by atoms with Gasteiger partial charge in [-0.2, -0.15) is 5.10 Å². The molecule has 1 aliphatic heterocycles. The highest BCUT2D eigenvalue weighted by atomic mass is 16.2. The molecule has 4 aromatic rings. The zero-order chi connectivity index (χ0) is 22.9. The van der Waals surface area contributed by atoms with Crippen molar-refractivity contribution >= 4 is 22.5 Å². The molecule has 4 heterocycles. The van der Waals surface area contributed by atoms with Gasteiger partial charge < -0.3 is 10.2 Å². The number of rotatable bonds is 5. The van der Waals surface area contributed by atoms with Crippen molar-refractivity contribution < 1.29 is 4.79 Å². The molecule has 1 aromatic carbocycles. The largest absolute Gasteiger partial charge is 0.382 e. The summed E-state index contributed by atoms with van der Waals surface area (Å²) in [6, 6.07) is 6.71. The Balaban J connectivity index is 1.52.